The Labute approximate surface area is 207 Å². The second kappa shape index (κ2) is 10.1. The summed E-state index contributed by atoms with van der Waals surface area (Å²) in [6.07, 6.45) is -0.139. The van der Waals surface area contributed by atoms with Gasteiger partial charge in [-0.2, -0.15) is 18.2 Å². The monoisotopic (exact) mass is 511 g/mol. The first-order chi connectivity index (χ1) is 16.4. The summed E-state index contributed by atoms with van der Waals surface area (Å²) in [4.78, 5) is 21.2. The summed E-state index contributed by atoms with van der Waals surface area (Å²) in [6, 6.07) is 3.03. The molecule has 0 unspecified atom stereocenters. The number of alkyl halides is 3. The Morgan fingerprint density at radius 3 is 2.63 bits per heavy atom. The van der Waals surface area contributed by atoms with Crippen LogP contribution in [0, 0.1) is 0 Å². The minimum Gasteiger partial charge on any atom is -0.488 e. The zero-order valence-corrected chi connectivity index (χ0v) is 21.3. The van der Waals surface area contributed by atoms with Crippen molar-refractivity contribution in [1.29, 1.82) is 0 Å². The van der Waals surface area contributed by atoms with Gasteiger partial charge in [0, 0.05) is 30.8 Å². The number of carbonyl (C=O) groups excluding carboxylic acids is 1. The fourth-order valence-corrected chi connectivity index (χ4v) is 5.30. The molecule has 2 aliphatic heterocycles. The zero-order valence-electron chi connectivity index (χ0n) is 20.5. The smallest absolute Gasteiger partial charge is 0.416 e. The lowest BCUT2D eigenvalue weighted by Gasteiger charge is -2.17. The summed E-state index contributed by atoms with van der Waals surface area (Å²) in [5.41, 5.74) is -1.25. The van der Waals surface area contributed by atoms with Crippen LogP contribution < -0.4 is 9.54 Å². The Bertz CT molecular complexity index is 1130. The molecule has 2 atom stereocenters. The molecule has 0 bridgehead atoms. The molecule has 1 amide bonds. The van der Waals surface area contributed by atoms with E-state index in [-0.39, 0.29) is 28.9 Å². The molecule has 0 radical (unpaired) electrons. The molecule has 2 aliphatic rings. The van der Waals surface area contributed by atoms with Crippen LogP contribution in [-0.4, -0.2) is 54.3 Å². The van der Waals surface area contributed by atoms with Gasteiger partial charge in [-0.1, -0.05) is 20.8 Å². The number of hydrogen-bond acceptors (Lipinski definition) is 5. The second-order valence-electron chi connectivity index (χ2n) is 10.3. The van der Waals surface area contributed by atoms with Gasteiger partial charge in [-0.05, 0) is 49.9 Å². The van der Waals surface area contributed by atoms with Crippen molar-refractivity contribution in [3.63, 3.8) is 0 Å². The quantitative estimate of drug-likeness (QED) is 0.575. The number of carbonyl (C=O) groups is 1. The highest BCUT2D eigenvalue weighted by atomic mass is 32.1. The van der Waals surface area contributed by atoms with Gasteiger partial charge in [0.1, 0.15) is 11.9 Å². The molecule has 0 spiro atoms. The topological polar surface area (TPSA) is 56.1 Å². The van der Waals surface area contributed by atoms with Gasteiger partial charge in [0.15, 0.2) is 4.80 Å². The Morgan fingerprint density at radius 1 is 1.26 bits per heavy atom. The molecule has 2 fully saturated rings. The predicted octanol–water partition coefficient (Wildman–Crippen LogP) is 4.87. The van der Waals surface area contributed by atoms with E-state index in [2.05, 4.69) is 30.7 Å². The molecule has 4 rings (SSSR count). The number of aromatic nitrogens is 1. The first-order valence-corrected chi connectivity index (χ1v) is 12.7. The number of halogens is 3. The van der Waals surface area contributed by atoms with Crippen LogP contribution in [0.25, 0.3) is 0 Å². The Kier molecular flexibility index (Phi) is 7.45. The number of nitrogens with zero attached hydrogens (tertiary/aromatic N) is 3. The first kappa shape index (κ1) is 25.9. The number of rotatable bonds is 5. The van der Waals surface area contributed by atoms with E-state index < -0.39 is 17.6 Å². The number of benzene rings is 1. The molecule has 35 heavy (non-hydrogen) atoms. The molecule has 0 saturated carbocycles. The van der Waals surface area contributed by atoms with E-state index in [1.807, 2.05) is 17.8 Å². The van der Waals surface area contributed by atoms with Gasteiger partial charge in [-0.25, -0.2) is 0 Å². The SMILES string of the molecule is CN1CC[C@@H](Oc2ccc(C(F)(F)F)cc2C(=O)/N=c2\sc(C(C)(C)C)cn2C[C@H]2CCCO2)C1. The van der Waals surface area contributed by atoms with Gasteiger partial charge in [0.25, 0.3) is 5.91 Å². The third-order valence-corrected chi connectivity index (χ3v) is 7.71. The lowest BCUT2D eigenvalue weighted by atomic mass is 9.95. The number of likely N-dealkylation sites (tertiary alicyclic amines) is 1. The predicted molar refractivity (Wildman–Crippen MR) is 128 cm³/mol. The van der Waals surface area contributed by atoms with E-state index in [1.165, 1.54) is 17.4 Å². The molecule has 1 aromatic carbocycles. The fourth-order valence-electron chi connectivity index (χ4n) is 4.25. The van der Waals surface area contributed by atoms with E-state index in [1.54, 1.807) is 0 Å². The molecule has 0 N–H and O–H groups in total. The summed E-state index contributed by atoms with van der Waals surface area (Å²) in [5, 5.41) is 0. The average Bonchev–Trinajstić information content (AvgIpc) is 3.50. The molecule has 10 heteroatoms. The minimum atomic E-state index is -4.58. The van der Waals surface area contributed by atoms with Gasteiger partial charge in [0.05, 0.1) is 23.8 Å². The highest BCUT2D eigenvalue weighted by Gasteiger charge is 2.33. The minimum absolute atomic E-state index is 0.0262. The van der Waals surface area contributed by atoms with Crippen molar-refractivity contribution in [2.75, 3.05) is 26.7 Å². The van der Waals surface area contributed by atoms with Gasteiger partial charge in [0.2, 0.25) is 0 Å². The van der Waals surface area contributed by atoms with Crippen molar-refractivity contribution in [2.24, 2.45) is 4.99 Å². The van der Waals surface area contributed by atoms with Crippen molar-refractivity contribution in [3.05, 3.63) is 45.2 Å². The van der Waals surface area contributed by atoms with Crippen molar-refractivity contribution < 1.29 is 27.4 Å². The molecule has 6 nitrogen and oxygen atoms in total. The number of amides is 1. The van der Waals surface area contributed by atoms with Crippen molar-refractivity contribution in [1.82, 2.24) is 9.47 Å². The third-order valence-electron chi connectivity index (χ3n) is 6.26. The Morgan fingerprint density at radius 2 is 2.03 bits per heavy atom. The lowest BCUT2D eigenvalue weighted by molar-refractivity contribution is -0.137. The summed E-state index contributed by atoms with van der Waals surface area (Å²) in [6.45, 7) is 8.92. The molecule has 0 aliphatic carbocycles. The number of likely N-dealkylation sites (N-methyl/N-ethyl adjacent to an activating group) is 1. The largest absolute Gasteiger partial charge is 0.488 e. The second-order valence-corrected chi connectivity index (χ2v) is 11.3. The maximum Gasteiger partial charge on any atom is 0.416 e. The van der Waals surface area contributed by atoms with Crippen LogP contribution in [0.4, 0.5) is 13.2 Å². The van der Waals surface area contributed by atoms with Crippen LogP contribution in [0.3, 0.4) is 0 Å². The number of ether oxygens (including phenoxy) is 2. The molecule has 192 valence electrons. The zero-order chi connectivity index (χ0) is 25.4. The molecule has 3 heterocycles. The molecule has 2 saturated heterocycles. The highest BCUT2D eigenvalue weighted by molar-refractivity contribution is 7.09. The maximum absolute atomic E-state index is 13.5. The van der Waals surface area contributed by atoms with Crippen molar-refractivity contribution in [2.45, 2.75) is 70.4 Å². The van der Waals surface area contributed by atoms with E-state index in [4.69, 9.17) is 9.47 Å². The third kappa shape index (κ3) is 6.34. The Hall–Kier alpha value is -2.17. The van der Waals surface area contributed by atoms with Crippen LogP contribution >= 0.6 is 11.3 Å². The van der Waals surface area contributed by atoms with Crippen LogP contribution in [0.2, 0.25) is 0 Å². The maximum atomic E-state index is 13.5. The van der Waals surface area contributed by atoms with Crippen LogP contribution in [0.5, 0.6) is 5.75 Å². The summed E-state index contributed by atoms with van der Waals surface area (Å²) >= 11 is 1.37. The molecular weight excluding hydrogens is 479 g/mol. The average molecular weight is 512 g/mol. The summed E-state index contributed by atoms with van der Waals surface area (Å²) < 4.78 is 54.0. The van der Waals surface area contributed by atoms with Crippen LogP contribution in [0.15, 0.2) is 29.4 Å². The first-order valence-electron chi connectivity index (χ1n) is 11.9. The Balaban J connectivity index is 1.73. The van der Waals surface area contributed by atoms with E-state index in [9.17, 15) is 18.0 Å². The number of thiazole rings is 1. The van der Waals surface area contributed by atoms with Gasteiger partial charge >= 0.3 is 6.18 Å². The molecular formula is C25H32F3N3O3S. The van der Waals surface area contributed by atoms with Gasteiger partial charge in [-0.15, -0.1) is 11.3 Å². The van der Waals surface area contributed by atoms with Crippen molar-refractivity contribution >= 4 is 17.2 Å². The molecule has 1 aromatic heterocycles. The van der Waals surface area contributed by atoms with E-state index in [0.29, 0.717) is 24.5 Å². The molecule has 2 aromatic rings. The normalized spacial score (nSPS) is 22.2. The summed E-state index contributed by atoms with van der Waals surface area (Å²) in [5.74, 6) is -0.619. The van der Waals surface area contributed by atoms with Crippen molar-refractivity contribution in [3.8, 4) is 5.75 Å². The fraction of sp³-hybridized carbons (Fsp3) is 0.600. The van der Waals surface area contributed by atoms with Crippen LogP contribution in [-0.2, 0) is 22.9 Å². The van der Waals surface area contributed by atoms with Crippen LogP contribution in [0.1, 0.15) is 60.8 Å². The van der Waals surface area contributed by atoms with Gasteiger partial charge in [-0.3, -0.25) is 4.79 Å². The lowest BCUT2D eigenvalue weighted by Crippen LogP contribution is -2.24. The van der Waals surface area contributed by atoms with E-state index in [0.717, 1.165) is 42.8 Å². The number of hydrogen-bond donors (Lipinski definition) is 0. The van der Waals surface area contributed by atoms with Gasteiger partial charge < -0.3 is 18.9 Å². The highest BCUT2D eigenvalue weighted by Crippen LogP contribution is 2.34. The van der Waals surface area contributed by atoms with E-state index >= 15 is 0 Å². The summed E-state index contributed by atoms with van der Waals surface area (Å²) in [7, 11) is 1.95. The standard InChI is InChI=1S/C25H32F3N3O3S/c1-24(2,3)21-15-31(14-17-6-5-11-33-17)23(35-21)29-22(32)19-12-16(25(26,27)28)7-8-20(19)34-18-9-10-30(4)13-18/h7-8,12,15,17-18H,5-6,9-11,13-14H2,1-4H3/b29-23-/t17-,18-/m1/s1.